The van der Waals surface area contributed by atoms with Gasteiger partial charge in [0.2, 0.25) is 0 Å². The summed E-state index contributed by atoms with van der Waals surface area (Å²) in [6.07, 6.45) is 7.05. The Morgan fingerprint density at radius 3 is 2.86 bits per heavy atom. The van der Waals surface area contributed by atoms with E-state index in [2.05, 4.69) is 21.4 Å². The topological polar surface area (TPSA) is 66.5 Å². The van der Waals surface area contributed by atoms with E-state index in [1.165, 1.54) is 0 Å². The number of pyridine rings is 1. The Balaban J connectivity index is 1.71. The maximum absolute atomic E-state index is 9.11. The maximum atomic E-state index is 9.11. The Morgan fingerprint density at radius 2 is 2.18 bits per heavy atom. The van der Waals surface area contributed by atoms with E-state index in [1.54, 1.807) is 36.9 Å². The van der Waals surface area contributed by atoms with Gasteiger partial charge in [0, 0.05) is 30.2 Å². The van der Waals surface area contributed by atoms with Crippen LogP contribution in [0.3, 0.4) is 0 Å². The molecular weight excluding hydrogens is 298 g/mol. The molecule has 0 spiro atoms. The molecule has 0 aliphatic carbocycles. The second-order valence-corrected chi connectivity index (χ2v) is 5.09. The molecule has 0 bridgehead atoms. The van der Waals surface area contributed by atoms with Crippen molar-refractivity contribution >= 4 is 17.3 Å². The Bertz CT molecular complexity index is 804. The van der Waals surface area contributed by atoms with Gasteiger partial charge in [0.05, 0.1) is 11.3 Å². The molecule has 2 aromatic heterocycles. The van der Waals surface area contributed by atoms with Crippen LogP contribution in [0, 0.1) is 11.3 Å². The van der Waals surface area contributed by atoms with E-state index in [9.17, 15) is 0 Å². The van der Waals surface area contributed by atoms with E-state index in [0.29, 0.717) is 17.1 Å². The highest BCUT2D eigenvalue weighted by atomic mass is 35.5. The highest BCUT2D eigenvalue weighted by molar-refractivity contribution is 6.30. The first kappa shape index (κ1) is 14.1. The molecule has 6 heteroatoms. The van der Waals surface area contributed by atoms with Crippen LogP contribution in [-0.2, 0) is 6.54 Å². The molecule has 108 valence electrons. The highest BCUT2D eigenvalue weighted by Gasteiger charge is 2.03. The lowest BCUT2D eigenvalue weighted by atomic mass is 10.2. The highest BCUT2D eigenvalue weighted by Crippen LogP contribution is 2.20. The van der Waals surface area contributed by atoms with E-state index in [4.69, 9.17) is 16.9 Å². The number of anilines is 1. The summed E-state index contributed by atoms with van der Waals surface area (Å²) in [4.78, 5) is 8.38. The Hall–Kier alpha value is -2.84. The smallest absolute Gasteiger partial charge is 0.137 e. The second-order valence-electron chi connectivity index (χ2n) is 4.65. The molecule has 0 unspecified atom stereocenters. The fraction of sp³-hybridized carbons (Fsp3) is 0.0625. The lowest BCUT2D eigenvalue weighted by Crippen LogP contribution is -2.03. The molecule has 0 saturated carbocycles. The number of nitriles is 1. The van der Waals surface area contributed by atoms with Gasteiger partial charge in [-0.3, -0.25) is 4.57 Å². The SMILES string of the molecule is N#Cc1cc(Cl)ccc1NCc1ccc(-n2ccnc2)nc1. The summed E-state index contributed by atoms with van der Waals surface area (Å²) in [5.41, 5.74) is 2.30. The summed E-state index contributed by atoms with van der Waals surface area (Å²) in [6, 6.07) is 11.2. The predicted molar refractivity (Wildman–Crippen MR) is 84.9 cm³/mol. The lowest BCUT2D eigenvalue weighted by Gasteiger charge is -2.09. The molecule has 3 rings (SSSR count). The zero-order valence-electron chi connectivity index (χ0n) is 11.6. The molecule has 2 heterocycles. The van der Waals surface area contributed by atoms with Crippen molar-refractivity contribution in [1.82, 2.24) is 14.5 Å². The summed E-state index contributed by atoms with van der Waals surface area (Å²) in [5.74, 6) is 0.811. The van der Waals surface area contributed by atoms with E-state index in [1.807, 2.05) is 22.9 Å². The van der Waals surface area contributed by atoms with Gasteiger partial charge in [-0.15, -0.1) is 0 Å². The summed E-state index contributed by atoms with van der Waals surface area (Å²) in [5, 5.41) is 12.9. The normalized spacial score (nSPS) is 10.2. The summed E-state index contributed by atoms with van der Waals surface area (Å²) in [7, 11) is 0. The Morgan fingerprint density at radius 1 is 1.27 bits per heavy atom. The zero-order chi connectivity index (χ0) is 15.4. The quantitative estimate of drug-likeness (QED) is 0.802. The summed E-state index contributed by atoms with van der Waals surface area (Å²) < 4.78 is 1.84. The molecule has 1 aromatic carbocycles. The number of benzene rings is 1. The molecular formula is C16H12ClN5. The van der Waals surface area contributed by atoms with Crippen molar-refractivity contribution in [2.24, 2.45) is 0 Å². The fourth-order valence-corrected chi connectivity index (χ4v) is 2.20. The molecule has 0 fully saturated rings. The van der Waals surface area contributed by atoms with Crippen molar-refractivity contribution in [3.05, 3.63) is 71.4 Å². The Kier molecular flexibility index (Phi) is 4.03. The van der Waals surface area contributed by atoms with Crippen LogP contribution < -0.4 is 5.32 Å². The van der Waals surface area contributed by atoms with Crippen molar-refractivity contribution in [1.29, 1.82) is 5.26 Å². The van der Waals surface area contributed by atoms with Gasteiger partial charge in [-0.05, 0) is 29.8 Å². The first-order valence-electron chi connectivity index (χ1n) is 6.63. The fourth-order valence-electron chi connectivity index (χ4n) is 2.03. The third-order valence-corrected chi connectivity index (χ3v) is 3.40. The van der Waals surface area contributed by atoms with E-state index in [0.717, 1.165) is 17.1 Å². The number of nitrogens with one attached hydrogen (secondary N) is 1. The van der Waals surface area contributed by atoms with Crippen LogP contribution in [0.5, 0.6) is 0 Å². The minimum absolute atomic E-state index is 0.524. The average Bonchev–Trinajstić information content (AvgIpc) is 3.08. The van der Waals surface area contributed by atoms with Gasteiger partial charge >= 0.3 is 0 Å². The molecule has 0 amide bonds. The second kappa shape index (κ2) is 6.29. The van der Waals surface area contributed by atoms with E-state index >= 15 is 0 Å². The standard InChI is InChI=1S/C16H12ClN5/c17-14-2-3-15(13(7-14)8-18)20-9-12-1-4-16(21-10-12)22-6-5-19-11-22/h1-7,10-11,20H,9H2. The van der Waals surface area contributed by atoms with Crippen LogP contribution >= 0.6 is 11.6 Å². The maximum Gasteiger partial charge on any atom is 0.137 e. The zero-order valence-corrected chi connectivity index (χ0v) is 12.3. The molecule has 0 radical (unpaired) electrons. The van der Waals surface area contributed by atoms with Crippen LogP contribution in [0.2, 0.25) is 5.02 Å². The number of rotatable bonds is 4. The van der Waals surface area contributed by atoms with Gasteiger partial charge < -0.3 is 5.32 Å². The minimum Gasteiger partial charge on any atom is -0.380 e. The number of aromatic nitrogens is 3. The molecule has 0 aliphatic rings. The number of imidazole rings is 1. The number of hydrogen-bond acceptors (Lipinski definition) is 4. The van der Waals surface area contributed by atoms with Crippen molar-refractivity contribution in [3.63, 3.8) is 0 Å². The van der Waals surface area contributed by atoms with Crippen LogP contribution in [0.1, 0.15) is 11.1 Å². The van der Waals surface area contributed by atoms with Crippen molar-refractivity contribution in [2.75, 3.05) is 5.32 Å². The van der Waals surface area contributed by atoms with Crippen molar-refractivity contribution in [3.8, 4) is 11.9 Å². The third-order valence-electron chi connectivity index (χ3n) is 3.16. The molecule has 22 heavy (non-hydrogen) atoms. The van der Waals surface area contributed by atoms with Gasteiger partial charge in [0.1, 0.15) is 18.2 Å². The third kappa shape index (κ3) is 3.08. The lowest BCUT2D eigenvalue weighted by molar-refractivity contribution is 0.978. The van der Waals surface area contributed by atoms with Crippen molar-refractivity contribution in [2.45, 2.75) is 6.54 Å². The molecule has 0 aliphatic heterocycles. The Labute approximate surface area is 132 Å². The molecule has 0 atom stereocenters. The van der Waals surface area contributed by atoms with Crippen LogP contribution in [0.25, 0.3) is 5.82 Å². The first-order valence-corrected chi connectivity index (χ1v) is 7.01. The summed E-state index contributed by atoms with van der Waals surface area (Å²) in [6.45, 7) is 0.577. The average molecular weight is 310 g/mol. The van der Waals surface area contributed by atoms with Crippen molar-refractivity contribution < 1.29 is 0 Å². The number of nitrogens with zero attached hydrogens (tertiary/aromatic N) is 4. The van der Waals surface area contributed by atoms with Gasteiger partial charge in [0.25, 0.3) is 0 Å². The van der Waals surface area contributed by atoms with E-state index < -0.39 is 0 Å². The summed E-state index contributed by atoms with van der Waals surface area (Å²) >= 11 is 5.88. The first-order chi connectivity index (χ1) is 10.8. The largest absolute Gasteiger partial charge is 0.380 e. The number of halogens is 1. The van der Waals surface area contributed by atoms with Gasteiger partial charge in [-0.1, -0.05) is 17.7 Å². The van der Waals surface area contributed by atoms with Gasteiger partial charge in [-0.25, -0.2) is 9.97 Å². The van der Waals surface area contributed by atoms with Gasteiger partial charge in [0.15, 0.2) is 0 Å². The molecule has 1 N–H and O–H groups in total. The minimum atomic E-state index is 0.524. The van der Waals surface area contributed by atoms with Crippen LogP contribution in [0.15, 0.2) is 55.2 Å². The number of hydrogen-bond donors (Lipinski definition) is 1. The van der Waals surface area contributed by atoms with Gasteiger partial charge in [-0.2, -0.15) is 5.26 Å². The molecule has 0 saturated heterocycles. The van der Waals surface area contributed by atoms with Crippen LogP contribution in [0.4, 0.5) is 5.69 Å². The van der Waals surface area contributed by atoms with Crippen LogP contribution in [-0.4, -0.2) is 14.5 Å². The molecule has 3 aromatic rings. The van der Waals surface area contributed by atoms with E-state index in [-0.39, 0.29) is 0 Å². The predicted octanol–water partition coefficient (Wildman–Crippen LogP) is 3.40. The monoisotopic (exact) mass is 309 g/mol. The molecule has 5 nitrogen and oxygen atoms in total.